The molecule has 1 N–H and O–H groups in total. The van der Waals surface area contributed by atoms with E-state index in [0.717, 1.165) is 26.8 Å². The van der Waals surface area contributed by atoms with Gasteiger partial charge in [-0.25, -0.2) is 0 Å². The minimum Gasteiger partial charge on any atom is -0.308 e. The van der Waals surface area contributed by atoms with Crippen LogP contribution in [0.15, 0.2) is 40.9 Å². The van der Waals surface area contributed by atoms with Crippen molar-refractivity contribution in [3.63, 3.8) is 0 Å². The monoisotopic (exact) mass is 345 g/mol. The van der Waals surface area contributed by atoms with Crippen LogP contribution in [0, 0.1) is 0 Å². The summed E-state index contributed by atoms with van der Waals surface area (Å²) in [6.07, 6.45) is 0. The molecule has 5 nitrogen and oxygen atoms in total. The number of aromatic nitrogens is 4. The quantitative estimate of drug-likeness (QED) is 0.789. The number of tetrazole rings is 1. The number of hydrogen-bond acceptors (Lipinski definition) is 4. The Morgan fingerprint density at radius 1 is 1.14 bits per heavy atom. The first-order valence-electron chi connectivity index (χ1n) is 6.85. The molecule has 2 aromatic carbocycles. The number of fused-ring (bicyclic) bond motifs is 1. The molecule has 0 spiro atoms. The smallest absolute Gasteiger partial charge is 0.170 e. The van der Waals surface area contributed by atoms with Gasteiger partial charge in [0.1, 0.15) is 0 Å². The van der Waals surface area contributed by atoms with E-state index in [-0.39, 0.29) is 0 Å². The van der Waals surface area contributed by atoms with Crippen molar-refractivity contribution >= 4 is 26.7 Å². The van der Waals surface area contributed by atoms with Crippen molar-refractivity contribution in [1.82, 2.24) is 25.5 Å². The van der Waals surface area contributed by atoms with Crippen LogP contribution < -0.4 is 5.32 Å². The summed E-state index contributed by atoms with van der Waals surface area (Å²) in [5, 5.41) is 17.7. The molecule has 1 aromatic heterocycles. The largest absolute Gasteiger partial charge is 0.308 e. The van der Waals surface area contributed by atoms with Crippen LogP contribution in [0.5, 0.6) is 0 Å². The van der Waals surface area contributed by atoms with Crippen LogP contribution in [0.25, 0.3) is 16.5 Å². The highest BCUT2D eigenvalue weighted by molar-refractivity contribution is 9.10. The van der Waals surface area contributed by atoms with Crippen molar-refractivity contribution in [1.29, 1.82) is 0 Å². The molecule has 0 amide bonds. The second kappa shape index (κ2) is 5.91. The minimum atomic E-state index is 0.386. The number of nitrogens with one attached hydrogen (secondary N) is 1. The number of nitrogens with zero attached hydrogens (tertiary/aromatic N) is 4. The fraction of sp³-hybridized carbons (Fsp3) is 0.267. The maximum absolute atomic E-state index is 4.14. The van der Waals surface area contributed by atoms with Gasteiger partial charge in [-0.3, -0.25) is 0 Å². The molecule has 0 aliphatic carbocycles. The lowest BCUT2D eigenvalue weighted by Gasteiger charge is -2.11. The molecule has 0 unspecified atom stereocenters. The van der Waals surface area contributed by atoms with Crippen molar-refractivity contribution in [3.8, 4) is 5.69 Å². The standard InChI is InChI=1S/C15H16BrN5/c1-10(2)17-9-15-18-19-20-21(15)14-8-7-13(16)11-5-3-4-6-12(11)14/h3-8,10,17H,9H2,1-2H3. The van der Waals surface area contributed by atoms with Crippen molar-refractivity contribution in [2.45, 2.75) is 26.4 Å². The van der Waals surface area contributed by atoms with Gasteiger partial charge < -0.3 is 5.32 Å². The van der Waals surface area contributed by atoms with Gasteiger partial charge in [0.15, 0.2) is 5.82 Å². The third kappa shape index (κ3) is 2.82. The lowest BCUT2D eigenvalue weighted by Crippen LogP contribution is -2.24. The molecule has 108 valence electrons. The van der Waals surface area contributed by atoms with Crippen molar-refractivity contribution in [3.05, 3.63) is 46.7 Å². The Morgan fingerprint density at radius 3 is 2.67 bits per heavy atom. The lowest BCUT2D eigenvalue weighted by molar-refractivity contribution is 0.563. The summed E-state index contributed by atoms with van der Waals surface area (Å²) in [6, 6.07) is 12.7. The van der Waals surface area contributed by atoms with Gasteiger partial charge in [0.2, 0.25) is 0 Å². The Bertz CT molecular complexity index is 766. The topological polar surface area (TPSA) is 55.6 Å². The Hall–Kier alpha value is -1.79. The van der Waals surface area contributed by atoms with Crippen LogP contribution >= 0.6 is 15.9 Å². The third-order valence-electron chi connectivity index (χ3n) is 3.28. The van der Waals surface area contributed by atoms with E-state index < -0.39 is 0 Å². The average Bonchev–Trinajstić information content (AvgIpc) is 2.94. The van der Waals surface area contributed by atoms with E-state index in [1.165, 1.54) is 0 Å². The van der Waals surface area contributed by atoms with Gasteiger partial charge in [-0.2, -0.15) is 4.68 Å². The molecule has 0 aliphatic rings. The SMILES string of the molecule is CC(C)NCc1nnnn1-c1ccc(Br)c2ccccc12. The predicted molar refractivity (Wildman–Crippen MR) is 86.3 cm³/mol. The molecule has 0 saturated carbocycles. The van der Waals surface area contributed by atoms with E-state index in [9.17, 15) is 0 Å². The highest BCUT2D eigenvalue weighted by Crippen LogP contribution is 2.28. The fourth-order valence-corrected chi connectivity index (χ4v) is 2.71. The molecule has 0 atom stereocenters. The summed E-state index contributed by atoms with van der Waals surface area (Å²) >= 11 is 3.59. The molecule has 21 heavy (non-hydrogen) atoms. The first-order chi connectivity index (χ1) is 10.2. The lowest BCUT2D eigenvalue weighted by atomic mass is 10.1. The molecule has 0 fully saturated rings. The van der Waals surface area contributed by atoms with E-state index in [1.807, 2.05) is 24.3 Å². The Kier molecular flexibility index (Phi) is 3.98. The van der Waals surface area contributed by atoms with Crippen LogP contribution in [-0.4, -0.2) is 26.2 Å². The van der Waals surface area contributed by atoms with Crippen LogP contribution in [0.4, 0.5) is 0 Å². The summed E-state index contributed by atoms with van der Waals surface area (Å²) in [7, 11) is 0. The zero-order chi connectivity index (χ0) is 14.8. The first kappa shape index (κ1) is 14.2. The van der Waals surface area contributed by atoms with Gasteiger partial charge in [-0.15, -0.1) is 5.10 Å². The molecule has 0 bridgehead atoms. The fourth-order valence-electron chi connectivity index (χ4n) is 2.23. The zero-order valence-corrected chi connectivity index (χ0v) is 13.5. The maximum atomic E-state index is 4.14. The van der Waals surface area contributed by atoms with Crippen molar-refractivity contribution < 1.29 is 0 Å². The molecule has 0 aliphatic heterocycles. The number of hydrogen-bond donors (Lipinski definition) is 1. The minimum absolute atomic E-state index is 0.386. The number of rotatable bonds is 4. The van der Waals surface area contributed by atoms with Crippen LogP contribution in [-0.2, 0) is 6.54 Å². The van der Waals surface area contributed by atoms with Gasteiger partial charge in [0.25, 0.3) is 0 Å². The number of benzene rings is 2. The summed E-state index contributed by atoms with van der Waals surface area (Å²) < 4.78 is 2.86. The van der Waals surface area contributed by atoms with Gasteiger partial charge >= 0.3 is 0 Å². The Morgan fingerprint density at radius 2 is 1.90 bits per heavy atom. The van der Waals surface area contributed by atoms with E-state index in [0.29, 0.717) is 12.6 Å². The van der Waals surface area contributed by atoms with Gasteiger partial charge in [0, 0.05) is 15.9 Å². The second-order valence-corrected chi connectivity index (χ2v) is 6.01. The molecule has 3 aromatic rings. The summed E-state index contributed by atoms with van der Waals surface area (Å²) in [4.78, 5) is 0. The van der Waals surface area contributed by atoms with Gasteiger partial charge in [-0.1, -0.05) is 54.0 Å². The summed E-state index contributed by atoms with van der Waals surface area (Å²) in [6.45, 7) is 4.83. The van der Waals surface area contributed by atoms with Crippen LogP contribution in [0.2, 0.25) is 0 Å². The van der Waals surface area contributed by atoms with Crippen molar-refractivity contribution in [2.75, 3.05) is 0 Å². The summed E-state index contributed by atoms with van der Waals surface area (Å²) in [5.74, 6) is 0.802. The highest BCUT2D eigenvalue weighted by Gasteiger charge is 2.12. The van der Waals surface area contributed by atoms with E-state index >= 15 is 0 Å². The Labute approximate surface area is 131 Å². The third-order valence-corrected chi connectivity index (χ3v) is 3.97. The van der Waals surface area contributed by atoms with Crippen LogP contribution in [0.1, 0.15) is 19.7 Å². The van der Waals surface area contributed by atoms with E-state index in [2.05, 4.69) is 62.8 Å². The zero-order valence-electron chi connectivity index (χ0n) is 11.9. The second-order valence-electron chi connectivity index (χ2n) is 5.15. The van der Waals surface area contributed by atoms with Gasteiger partial charge in [-0.05, 0) is 27.9 Å². The first-order valence-corrected chi connectivity index (χ1v) is 7.64. The Balaban J connectivity index is 2.09. The van der Waals surface area contributed by atoms with Gasteiger partial charge in [0.05, 0.1) is 12.2 Å². The normalized spacial score (nSPS) is 11.4. The van der Waals surface area contributed by atoms with E-state index in [4.69, 9.17) is 0 Å². The molecular weight excluding hydrogens is 330 g/mol. The van der Waals surface area contributed by atoms with Crippen LogP contribution in [0.3, 0.4) is 0 Å². The van der Waals surface area contributed by atoms with Crippen molar-refractivity contribution in [2.24, 2.45) is 0 Å². The number of halogens is 1. The predicted octanol–water partition coefficient (Wildman–Crippen LogP) is 3.08. The summed E-state index contributed by atoms with van der Waals surface area (Å²) in [5.41, 5.74) is 0.986. The molecule has 6 heteroatoms. The molecule has 0 radical (unpaired) electrons. The maximum Gasteiger partial charge on any atom is 0.170 e. The molecule has 3 rings (SSSR count). The molecule has 0 saturated heterocycles. The van der Waals surface area contributed by atoms with E-state index in [1.54, 1.807) is 4.68 Å². The highest BCUT2D eigenvalue weighted by atomic mass is 79.9. The average molecular weight is 346 g/mol. The molecule has 1 heterocycles. The molecular formula is C15H16BrN5.